The number of fused-ring (bicyclic) bond motifs is 1. The van der Waals surface area contributed by atoms with E-state index in [1.54, 1.807) is 25.1 Å². The highest BCUT2D eigenvalue weighted by Crippen LogP contribution is 2.43. The number of nitrogens with one attached hydrogen (secondary N) is 1. The molecule has 1 aromatic heterocycles. The Morgan fingerprint density at radius 3 is 2.54 bits per heavy atom. The molecule has 2 heterocycles. The van der Waals surface area contributed by atoms with Crippen LogP contribution in [-0.4, -0.2) is 106 Å². The molecule has 0 bridgehead atoms. The van der Waals surface area contributed by atoms with Gasteiger partial charge in [0.1, 0.15) is 43.0 Å². The summed E-state index contributed by atoms with van der Waals surface area (Å²) in [6.45, 7) is 1.00. The second-order valence-electron chi connectivity index (χ2n) is 10.2. The Morgan fingerprint density at radius 2 is 1.85 bits per heavy atom. The Kier molecular flexibility index (Phi) is 12.3. The van der Waals surface area contributed by atoms with Crippen LogP contribution in [0.5, 0.6) is 17.2 Å². The van der Waals surface area contributed by atoms with E-state index in [-0.39, 0.29) is 38.0 Å². The molecule has 1 aliphatic heterocycles. The number of amides is 1. The number of aromatic amines is 1. The zero-order valence-corrected chi connectivity index (χ0v) is 28.3. The predicted octanol–water partition coefficient (Wildman–Crippen LogP) is 3.70. The first-order chi connectivity index (χ1) is 22.8. The van der Waals surface area contributed by atoms with Crippen molar-refractivity contribution >= 4 is 61.0 Å². The number of hydrogen-bond donors (Lipinski definition) is 5. The van der Waals surface area contributed by atoms with Crippen LogP contribution in [0.2, 0.25) is 0 Å². The lowest BCUT2D eigenvalue weighted by Gasteiger charge is -2.38. The number of H-pyrrole nitrogens is 1. The van der Waals surface area contributed by atoms with Crippen molar-refractivity contribution in [2.75, 3.05) is 26.9 Å². The summed E-state index contributed by atoms with van der Waals surface area (Å²) in [6.07, 6.45) is -9.06. The van der Waals surface area contributed by atoms with Crippen molar-refractivity contribution in [2.24, 2.45) is 5.11 Å². The van der Waals surface area contributed by atoms with Crippen LogP contribution >= 0.6 is 31.9 Å². The topological polar surface area (TPSA) is 255 Å². The van der Waals surface area contributed by atoms with E-state index in [0.717, 1.165) is 0 Å². The van der Waals surface area contributed by atoms with Crippen LogP contribution in [0.4, 0.5) is 9.59 Å². The molecule has 1 aliphatic rings. The number of halogens is 2. The molecule has 0 spiro atoms. The Hall–Kier alpha value is -4.30. The summed E-state index contributed by atoms with van der Waals surface area (Å²) in [5.74, 6) is -0.897. The van der Waals surface area contributed by atoms with Crippen molar-refractivity contribution in [3.05, 3.63) is 61.0 Å². The second kappa shape index (κ2) is 16.2. The summed E-state index contributed by atoms with van der Waals surface area (Å²) in [7, 11) is 1.44. The van der Waals surface area contributed by atoms with Gasteiger partial charge in [-0.3, -0.25) is 0 Å². The number of carbonyl (C=O) groups excluding carboxylic acids is 2. The van der Waals surface area contributed by atoms with Gasteiger partial charge in [0.05, 0.1) is 26.4 Å². The summed E-state index contributed by atoms with van der Waals surface area (Å²) in [5.41, 5.74) is 10.2. The fourth-order valence-electron chi connectivity index (χ4n) is 4.44. The molecule has 5 N–H and O–H groups in total. The number of aliphatic carboxylic acids is 1. The lowest BCUT2D eigenvalue weighted by atomic mass is 9.99. The van der Waals surface area contributed by atoms with Gasteiger partial charge in [0.25, 0.3) is 0 Å². The number of hydrogen-bond acceptors (Lipinski definition) is 13. The second-order valence-corrected chi connectivity index (χ2v) is 11.9. The minimum Gasteiger partial charge on any atom is -0.485 e. The van der Waals surface area contributed by atoms with Gasteiger partial charge in [-0.25, -0.2) is 14.4 Å². The normalized spacial score (nSPS) is 20.4. The predicted molar refractivity (Wildman–Crippen MR) is 169 cm³/mol. The zero-order chi connectivity index (χ0) is 35.1. The molecule has 1 fully saturated rings. The highest BCUT2D eigenvalue weighted by molar-refractivity contribution is 9.11. The van der Waals surface area contributed by atoms with Crippen LogP contribution in [0.1, 0.15) is 11.1 Å². The maximum absolute atomic E-state index is 12.5. The molecule has 0 saturated carbocycles. The van der Waals surface area contributed by atoms with Crippen molar-refractivity contribution in [3.63, 3.8) is 0 Å². The number of aliphatic hydroxyl groups excluding tert-OH is 3. The molecule has 258 valence electrons. The molecule has 0 aliphatic carbocycles. The van der Waals surface area contributed by atoms with Gasteiger partial charge >= 0.3 is 18.2 Å². The van der Waals surface area contributed by atoms with Gasteiger partial charge < -0.3 is 58.7 Å². The van der Waals surface area contributed by atoms with E-state index in [1.165, 1.54) is 24.2 Å². The Bertz CT molecular complexity index is 1720. The van der Waals surface area contributed by atoms with E-state index in [4.69, 9.17) is 34.0 Å². The lowest BCUT2D eigenvalue weighted by Crippen LogP contribution is -2.61. The standard InChI is InChI=1S/C28H29Br2N5O13/c1-12-7-13(3-4-16(12)46-26-22(38)20(36)21(37)24(48-26)25(39)40)10-44-27(41)35(2)5-6-43-28(42)47-17-9-32-15-8-14(29)23(19(30)18(15)17)45-11-33-34-31/h3-4,7-9,20-22,24,26,32,36-38H,5-6,10-11H2,1-2H3,(H,39,40)/t20-,21-,22+,24-,26+/m0/s1. The third-order valence-corrected chi connectivity index (χ3v) is 8.27. The summed E-state index contributed by atoms with van der Waals surface area (Å²) >= 11 is 6.78. The number of ether oxygens (including phenoxy) is 6. The highest BCUT2D eigenvalue weighted by atomic mass is 79.9. The molecule has 0 radical (unpaired) electrons. The number of aromatic nitrogens is 1. The molecule has 18 nitrogen and oxygen atoms in total. The van der Waals surface area contributed by atoms with Gasteiger partial charge in [-0.05, 0) is 73.6 Å². The maximum Gasteiger partial charge on any atom is 0.513 e. The van der Waals surface area contributed by atoms with E-state index in [0.29, 0.717) is 36.7 Å². The minimum absolute atomic E-state index is 0.0245. The van der Waals surface area contributed by atoms with E-state index < -0.39 is 48.9 Å². The SMILES string of the molecule is Cc1cc(COC(=O)N(C)CCOC(=O)Oc2c[nH]c3cc(Br)c(OCN=[N+]=[N-])c(Br)c23)ccc1O[C@@H]1O[C@H](C(=O)O)[C@@H](O)[C@H](O)[C@H]1O. The largest absolute Gasteiger partial charge is 0.513 e. The number of likely N-dealkylation sites (N-methyl/N-ethyl adjacent to an activating group) is 1. The average Bonchev–Trinajstić information content (AvgIpc) is 3.44. The smallest absolute Gasteiger partial charge is 0.485 e. The molecule has 2 aromatic carbocycles. The molecule has 1 amide bonds. The van der Waals surface area contributed by atoms with Gasteiger partial charge in [0.2, 0.25) is 6.29 Å². The summed E-state index contributed by atoms with van der Waals surface area (Å²) in [6, 6.07) is 6.34. The van der Waals surface area contributed by atoms with Crippen molar-refractivity contribution < 1.29 is 63.2 Å². The zero-order valence-electron chi connectivity index (χ0n) is 25.1. The molecular formula is C28H29Br2N5O13. The molecule has 1 saturated heterocycles. The van der Waals surface area contributed by atoms with Gasteiger partial charge in [0, 0.05) is 18.2 Å². The van der Waals surface area contributed by atoms with Crippen molar-refractivity contribution in [1.29, 1.82) is 0 Å². The van der Waals surface area contributed by atoms with Crippen LogP contribution < -0.4 is 14.2 Å². The van der Waals surface area contributed by atoms with Gasteiger partial charge in [-0.2, -0.15) is 0 Å². The number of carbonyl (C=O) groups is 3. The number of nitrogens with zero attached hydrogens (tertiary/aromatic N) is 4. The van der Waals surface area contributed by atoms with Gasteiger partial charge in [-0.15, -0.1) is 0 Å². The first kappa shape index (κ1) is 36.5. The van der Waals surface area contributed by atoms with Crippen LogP contribution in [0, 0.1) is 6.92 Å². The number of aliphatic hydroxyl groups is 3. The summed E-state index contributed by atoms with van der Waals surface area (Å²) in [5, 5.41) is 43.0. The monoisotopic (exact) mass is 801 g/mol. The first-order valence-corrected chi connectivity index (χ1v) is 15.4. The third-order valence-electron chi connectivity index (χ3n) is 6.92. The quantitative estimate of drug-likeness (QED) is 0.0759. The van der Waals surface area contributed by atoms with Crippen LogP contribution in [0.3, 0.4) is 0 Å². The number of rotatable bonds is 12. The van der Waals surface area contributed by atoms with Crippen molar-refractivity contribution in [3.8, 4) is 17.2 Å². The molecular weight excluding hydrogens is 774 g/mol. The average molecular weight is 803 g/mol. The summed E-state index contributed by atoms with van der Waals surface area (Å²) < 4.78 is 32.9. The summed E-state index contributed by atoms with van der Waals surface area (Å²) in [4.78, 5) is 43.0. The molecule has 5 atom stereocenters. The van der Waals surface area contributed by atoms with E-state index in [2.05, 4.69) is 46.9 Å². The highest BCUT2D eigenvalue weighted by Gasteiger charge is 2.48. The Morgan fingerprint density at radius 1 is 1.10 bits per heavy atom. The van der Waals surface area contributed by atoms with Crippen LogP contribution in [-0.2, 0) is 25.6 Å². The van der Waals surface area contributed by atoms with Crippen LogP contribution in [0.25, 0.3) is 21.3 Å². The van der Waals surface area contributed by atoms with E-state index in [9.17, 15) is 34.8 Å². The number of aryl methyl sites for hydroxylation is 1. The number of carboxylic acid groups (broad SMARTS) is 1. The molecule has 4 rings (SSSR count). The molecule has 3 aromatic rings. The van der Waals surface area contributed by atoms with Crippen molar-refractivity contribution in [1.82, 2.24) is 9.88 Å². The number of azide groups is 1. The van der Waals surface area contributed by atoms with Gasteiger partial charge in [-0.1, -0.05) is 11.2 Å². The maximum atomic E-state index is 12.5. The Balaban J connectivity index is 1.25. The fraction of sp³-hybridized carbons (Fsp3) is 0.393. The van der Waals surface area contributed by atoms with E-state index in [1.807, 2.05) is 0 Å². The fourth-order valence-corrected chi connectivity index (χ4v) is 5.99. The molecule has 0 unspecified atom stereocenters. The minimum atomic E-state index is -1.85. The Labute approximate surface area is 287 Å². The molecule has 48 heavy (non-hydrogen) atoms. The molecule has 20 heteroatoms. The van der Waals surface area contributed by atoms with Crippen molar-refractivity contribution in [2.45, 2.75) is 44.2 Å². The van der Waals surface area contributed by atoms with Gasteiger partial charge in [0.15, 0.2) is 18.6 Å². The van der Waals surface area contributed by atoms with E-state index >= 15 is 0 Å². The number of benzene rings is 2. The lowest BCUT2D eigenvalue weighted by molar-refractivity contribution is -0.271. The third kappa shape index (κ3) is 8.58. The van der Waals surface area contributed by atoms with Crippen LogP contribution in [0.15, 0.2) is 44.5 Å². The number of carboxylic acids is 1. The first-order valence-electron chi connectivity index (χ1n) is 13.9.